The zero-order valence-electron chi connectivity index (χ0n) is 8.67. The predicted octanol–water partition coefficient (Wildman–Crippen LogP) is 0.943. The van der Waals surface area contributed by atoms with Gasteiger partial charge in [0.05, 0.1) is 5.69 Å². The first kappa shape index (κ1) is 9.40. The lowest BCUT2D eigenvalue weighted by molar-refractivity contribution is 0.616. The molecule has 0 spiro atoms. The van der Waals surface area contributed by atoms with Crippen LogP contribution in [0.5, 0.6) is 0 Å². The highest BCUT2D eigenvalue weighted by atomic mass is 15.2. The summed E-state index contributed by atoms with van der Waals surface area (Å²) in [6, 6.07) is 2.52. The molecule has 1 aromatic rings. The van der Waals surface area contributed by atoms with E-state index in [1.54, 1.807) is 0 Å². The van der Waals surface area contributed by atoms with Crippen LogP contribution in [0.2, 0.25) is 0 Å². The van der Waals surface area contributed by atoms with Crippen molar-refractivity contribution in [3.05, 3.63) is 17.3 Å². The fraction of sp³-hybridized carbons (Fsp3) is 0.600. The molecule has 4 nitrogen and oxygen atoms in total. The second kappa shape index (κ2) is 3.92. The number of anilines is 1. The van der Waals surface area contributed by atoms with E-state index in [-0.39, 0.29) is 0 Å². The maximum atomic E-state index is 4.20. The van der Waals surface area contributed by atoms with Crippen LogP contribution in [-0.2, 0) is 13.0 Å². The molecule has 1 aliphatic rings. The first-order chi connectivity index (χ1) is 6.75. The van der Waals surface area contributed by atoms with Gasteiger partial charge in [0.2, 0.25) is 0 Å². The molecule has 14 heavy (non-hydrogen) atoms. The zero-order valence-corrected chi connectivity index (χ0v) is 8.67. The summed E-state index contributed by atoms with van der Waals surface area (Å²) in [5.41, 5.74) is 2.41. The van der Waals surface area contributed by atoms with Crippen molar-refractivity contribution < 1.29 is 0 Å². The Morgan fingerprint density at radius 1 is 1.43 bits per heavy atom. The summed E-state index contributed by atoms with van der Waals surface area (Å²) >= 11 is 0. The standard InChI is InChI=1S/C10H16N4/c1-7(2)12-10-5-8-3-4-11-6-9(8)13-14-10/h5,7,11H,3-4,6H2,1-2H3,(H,12,14). The highest BCUT2D eigenvalue weighted by Crippen LogP contribution is 2.14. The van der Waals surface area contributed by atoms with E-state index in [1.807, 2.05) is 0 Å². The molecule has 0 unspecified atom stereocenters. The highest BCUT2D eigenvalue weighted by Gasteiger charge is 2.11. The summed E-state index contributed by atoms with van der Waals surface area (Å²) in [4.78, 5) is 0. The summed E-state index contributed by atoms with van der Waals surface area (Å²) in [5.74, 6) is 0.889. The average Bonchev–Trinajstić information content (AvgIpc) is 2.17. The third-order valence-electron chi connectivity index (χ3n) is 2.26. The van der Waals surface area contributed by atoms with Crippen LogP contribution in [0, 0.1) is 0 Å². The van der Waals surface area contributed by atoms with E-state index in [0.717, 1.165) is 31.0 Å². The minimum atomic E-state index is 0.407. The summed E-state index contributed by atoms with van der Waals surface area (Å²) in [6.07, 6.45) is 1.05. The molecule has 0 radical (unpaired) electrons. The number of aromatic nitrogens is 2. The maximum Gasteiger partial charge on any atom is 0.149 e. The van der Waals surface area contributed by atoms with Crippen molar-refractivity contribution in [3.8, 4) is 0 Å². The topological polar surface area (TPSA) is 49.8 Å². The molecule has 1 aromatic heterocycles. The van der Waals surface area contributed by atoms with Crippen LogP contribution in [0.4, 0.5) is 5.82 Å². The van der Waals surface area contributed by atoms with E-state index in [9.17, 15) is 0 Å². The Morgan fingerprint density at radius 2 is 2.29 bits per heavy atom. The molecule has 0 saturated carbocycles. The van der Waals surface area contributed by atoms with E-state index in [1.165, 1.54) is 5.56 Å². The maximum absolute atomic E-state index is 4.20. The molecule has 0 bridgehead atoms. The van der Waals surface area contributed by atoms with Crippen molar-refractivity contribution in [1.82, 2.24) is 15.5 Å². The van der Waals surface area contributed by atoms with E-state index >= 15 is 0 Å². The van der Waals surface area contributed by atoms with Crippen molar-refractivity contribution in [3.63, 3.8) is 0 Å². The van der Waals surface area contributed by atoms with Crippen LogP contribution in [0.3, 0.4) is 0 Å². The van der Waals surface area contributed by atoms with Crippen LogP contribution in [0.1, 0.15) is 25.1 Å². The molecule has 0 fully saturated rings. The number of nitrogens with zero attached hydrogens (tertiary/aromatic N) is 2. The Kier molecular flexibility index (Phi) is 2.63. The first-order valence-corrected chi connectivity index (χ1v) is 5.08. The molecular weight excluding hydrogens is 176 g/mol. The van der Waals surface area contributed by atoms with Crippen molar-refractivity contribution in [2.75, 3.05) is 11.9 Å². The van der Waals surface area contributed by atoms with Gasteiger partial charge in [-0.15, -0.1) is 5.10 Å². The van der Waals surface area contributed by atoms with Gasteiger partial charge in [-0.25, -0.2) is 0 Å². The number of rotatable bonds is 2. The van der Waals surface area contributed by atoms with Crippen LogP contribution in [0.25, 0.3) is 0 Å². The molecule has 0 aromatic carbocycles. The Hall–Kier alpha value is -1.16. The van der Waals surface area contributed by atoms with E-state index in [4.69, 9.17) is 0 Å². The van der Waals surface area contributed by atoms with Crippen LogP contribution >= 0.6 is 0 Å². The minimum absolute atomic E-state index is 0.407. The smallest absolute Gasteiger partial charge is 0.149 e. The molecule has 1 aliphatic heterocycles. The van der Waals surface area contributed by atoms with Crippen molar-refractivity contribution in [2.45, 2.75) is 32.9 Å². The van der Waals surface area contributed by atoms with Gasteiger partial charge >= 0.3 is 0 Å². The van der Waals surface area contributed by atoms with Gasteiger partial charge in [-0.05, 0) is 38.4 Å². The Labute approximate surface area is 84.1 Å². The van der Waals surface area contributed by atoms with Gasteiger partial charge in [-0.1, -0.05) is 0 Å². The predicted molar refractivity (Wildman–Crippen MR) is 56.2 cm³/mol. The number of fused-ring (bicyclic) bond motifs is 1. The summed E-state index contributed by atoms with van der Waals surface area (Å²) in [7, 11) is 0. The number of hydrogen-bond acceptors (Lipinski definition) is 4. The van der Waals surface area contributed by atoms with E-state index in [2.05, 4.69) is 40.7 Å². The first-order valence-electron chi connectivity index (χ1n) is 5.08. The largest absolute Gasteiger partial charge is 0.366 e. The quantitative estimate of drug-likeness (QED) is 0.732. The molecule has 0 atom stereocenters. The zero-order chi connectivity index (χ0) is 9.97. The van der Waals surface area contributed by atoms with Crippen LogP contribution < -0.4 is 10.6 Å². The Balaban J connectivity index is 2.20. The Morgan fingerprint density at radius 3 is 3.07 bits per heavy atom. The Bertz CT molecular complexity index is 322. The van der Waals surface area contributed by atoms with Crippen molar-refractivity contribution >= 4 is 5.82 Å². The van der Waals surface area contributed by atoms with Gasteiger partial charge < -0.3 is 10.6 Å². The highest BCUT2D eigenvalue weighted by molar-refractivity contribution is 5.39. The van der Waals surface area contributed by atoms with Gasteiger partial charge in [0, 0.05) is 12.6 Å². The van der Waals surface area contributed by atoms with E-state index < -0.39 is 0 Å². The van der Waals surface area contributed by atoms with Gasteiger partial charge in [-0.3, -0.25) is 0 Å². The van der Waals surface area contributed by atoms with Gasteiger partial charge in [0.15, 0.2) is 0 Å². The molecule has 76 valence electrons. The number of hydrogen-bond donors (Lipinski definition) is 2. The minimum Gasteiger partial charge on any atom is -0.366 e. The van der Waals surface area contributed by atoms with Gasteiger partial charge in [0.25, 0.3) is 0 Å². The normalized spacial score (nSPS) is 15.4. The summed E-state index contributed by atoms with van der Waals surface area (Å²) < 4.78 is 0. The van der Waals surface area contributed by atoms with Crippen LogP contribution in [-0.4, -0.2) is 22.8 Å². The molecule has 0 amide bonds. The second-order valence-electron chi connectivity index (χ2n) is 3.93. The van der Waals surface area contributed by atoms with Crippen molar-refractivity contribution in [1.29, 1.82) is 0 Å². The lowest BCUT2D eigenvalue weighted by Gasteiger charge is -2.16. The fourth-order valence-corrected chi connectivity index (χ4v) is 1.62. The lowest BCUT2D eigenvalue weighted by Crippen LogP contribution is -2.25. The molecule has 0 aliphatic carbocycles. The third-order valence-corrected chi connectivity index (χ3v) is 2.26. The van der Waals surface area contributed by atoms with E-state index in [0.29, 0.717) is 6.04 Å². The molecular formula is C10H16N4. The van der Waals surface area contributed by atoms with Crippen LogP contribution in [0.15, 0.2) is 6.07 Å². The third kappa shape index (κ3) is 2.01. The monoisotopic (exact) mass is 192 g/mol. The second-order valence-corrected chi connectivity index (χ2v) is 3.93. The molecule has 2 heterocycles. The number of nitrogens with one attached hydrogen (secondary N) is 2. The molecule has 2 rings (SSSR count). The summed E-state index contributed by atoms with van der Waals surface area (Å²) in [6.45, 7) is 6.09. The SMILES string of the molecule is CC(C)Nc1cc2c(nn1)CNCC2. The summed E-state index contributed by atoms with van der Waals surface area (Å²) in [5, 5.41) is 14.9. The van der Waals surface area contributed by atoms with Gasteiger partial charge in [0.1, 0.15) is 5.82 Å². The lowest BCUT2D eigenvalue weighted by atomic mass is 10.1. The molecule has 2 N–H and O–H groups in total. The fourth-order valence-electron chi connectivity index (χ4n) is 1.62. The van der Waals surface area contributed by atoms with Crippen molar-refractivity contribution in [2.24, 2.45) is 0 Å². The molecule has 0 saturated heterocycles. The van der Waals surface area contributed by atoms with Gasteiger partial charge in [-0.2, -0.15) is 5.10 Å². The molecule has 4 heteroatoms. The average molecular weight is 192 g/mol.